The number of aromatic hydroxyl groups is 1. The van der Waals surface area contributed by atoms with Gasteiger partial charge in [-0.05, 0) is 35.2 Å². The SMILES string of the molecule is O=C(OCCc1ccccc1)c1ccc2c(O)c(OC3O[C@H](CO)[C@@H](O)[C@H](O)[C@H]3O)ccc2c1. The van der Waals surface area contributed by atoms with Gasteiger partial charge in [0.2, 0.25) is 6.29 Å². The molecular weight excluding hydrogens is 444 g/mol. The molecule has 0 spiro atoms. The fraction of sp³-hybridized carbons (Fsp3) is 0.320. The van der Waals surface area contributed by atoms with Gasteiger partial charge in [-0.25, -0.2) is 4.79 Å². The van der Waals surface area contributed by atoms with Crippen LogP contribution in [0.25, 0.3) is 10.8 Å². The van der Waals surface area contributed by atoms with Gasteiger partial charge in [0.05, 0.1) is 18.8 Å². The minimum atomic E-state index is -1.61. The van der Waals surface area contributed by atoms with Crippen LogP contribution in [0, 0.1) is 0 Å². The second-order valence-electron chi connectivity index (χ2n) is 8.03. The molecule has 3 aromatic rings. The average Bonchev–Trinajstić information content (AvgIpc) is 2.86. The van der Waals surface area contributed by atoms with Crippen molar-refractivity contribution >= 4 is 16.7 Å². The zero-order valence-corrected chi connectivity index (χ0v) is 18.2. The molecule has 9 heteroatoms. The number of hydrogen-bond donors (Lipinski definition) is 5. The Balaban J connectivity index is 1.45. The first kappa shape index (κ1) is 23.9. The van der Waals surface area contributed by atoms with Crippen LogP contribution in [0.15, 0.2) is 60.7 Å². The van der Waals surface area contributed by atoms with Crippen molar-refractivity contribution in [2.45, 2.75) is 37.1 Å². The molecule has 1 aliphatic rings. The lowest BCUT2D eigenvalue weighted by Gasteiger charge is -2.39. The van der Waals surface area contributed by atoms with Crippen LogP contribution in [-0.2, 0) is 15.9 Å². The number of phenols is 1. The summed E-state index contributed by atoms with van der Waals surface area (Å²) in [6.07, 6.45) is -6.70. The van der Waals surface area contributed by atoms with E-state index in [4.69, 9.17) is 14.2 Å². The first-order chi connectivity index (χ1) is 16.4. The summed E-state index contributed by atoms with van der Waals surface area (Å²) in [5.74, 6) is -0.799. The van der Waals surface area contributed by atoms with Gasteiger partial charge in [0.1, 0.15) is 24.4 Å². The number of aliphatic hydroxyl groups is 4. The van der Waals surface area contributed by atoms with Crippen LogP contribution in [0.1, 0.15) is 15.9 Å². The van der Waals surface area contributed by atoms with Crippen molar-refractivity contribution < 1.29 is 44.5 Å². The summed E-state index contributed by atoms with van der Waals surface area (Å²) in [4.78, 5) is 12.4. The van der Waals surface area contributed by atoms with Crippen LogP contribution < -0.4 is 4.74 Å². The lowest BCUT2D eigenvalue weighted by atomic mass is 9.99. The third kappa shape index (κ3) is 4.98. The van der Waals surface area contributed by atoms with Crippen molar-refractivity contribution in [3.8, 4) is 11.5 Å². The lowest BCUT2D eigenvalue weighted by Crippen LogP contribution is -2.60. The zero-order valence-electron chi connectivity index (χ0n) is 18.2. The van der Waals surface area contributed by atoms with Gasteiger partial charge in [0, 0.05) is 11.8 Å². The highest BCUT2D eigenvalue weighted by Crippen LogP contribution is 2.37. The monoisotopic (exact) mass is 470 g/mol. The van der Waals surface area contributed by atoms with E-state index in [2.05, 4.69) is 0 Å². The number of rotatable bonds is 7. The minimum Gasteiger partial charge on any atom is -0.504 e. The summed E-state index contributed by atoms with van der Waals surface area (Å²) in [5, 5.41) is 50.9. The Kier molecular flexibility index (Phi) is 7.30. The summed E-state index contributed by atoms with van der Waals surface area (Å²) in [7, 11) is 0. The van der Waals surface area contributed by atoms with E-state index in [-0.39, 0.29) is 18.1 Å². The highest BCUT2D eigenvalue weighted by Gasteiger charge is 2.45. The van der Waals surface area contributed by atoms with Crippen molar-refractivity contribution in [1.29, 1.82) is 0 Å². The predicted octanol–water partition coefficient (Wildman–Crippen LogP) is 1.12. The molecule has 3 aromatic carbocycles. The topological polar surface area (TPSA) is 146 Å². The molecule has 1 heterocycles. The lowest BCUT2D eigenvalue weighted by molar-refractivity contribution is -0.277. The Morgan fingerprint density at radius 1 is 0.941 bits per heavy atom. The first-order valence-corrected chi connectivity index (χ1v) is 10.8. The van der Waals surface area contributed by atoms with Crippen molar-refractivity contribution in [2.24, 2.45) is 0 Å². The number of phenolic OH excluding ortho intramolecular Hbond substituents is 1. The van der Waals surface area contributed by atoms with Crippen molar-refractivity contribution in [2.75, 3.05) is 13.2 Å². The van der Waals surface area contributed by atoms with E-state index >= 15 is 0 Å². The maximum absolute atomic E-state index is 12.4. The van der Waals surface area contributed by atoms with Crippen LogP contribution in [0.3, 0.4) is 0 Å². The molecule has 0 amide bonds. The number of carbonyl (C=O) groups is 1. The van der Waals surface area contributed by atoms with Gasteiger partial charge in [-0.15, -0.1) is 0 Å². The van der Waals surface area contributed by atoms with Gasteiger partial charge >= 0.3 is 5.97 Å². The fourth-order valence-corrected chi connectivity index (χ4v) is 3.79. The van der Waals surface area contributed by atoms with Crippen LogP contribution in [0.2, 0.25) is 0 Å². The van der Waals surface area contributed by atoms with Crippen molar-refractivity contribution in [1.82, 2.24) is 0 Å². The highest BCUT2D eigenvalue weighted by atomic mass is 16.7. The van der Waals surface area contributed by atoms with E-state index in [1.807, 2.05) is 30.3 Å². The second-order valence-corrected chi connectivity index (χ2v) is 8.03. The van der Waals surface area contributed by atoms with Gasteiger partial charge in [-0.3, -0.25) is 0 Å². The molecule has 34 heavy (non-hydrogen) atoms. The number of aliphatic hydroxyl groups excluding tert-OH is 4. The maximum Gasteiger partial charge on any atom is 0.338 e. The Labute approximate surface area is 195 Å². The number of hydrogen-bond acceptors (Lipinski definition) is 9. The summed E-state index contributed by atoms with van der Waals surface area (Å²) >= 11 is 0. The molecule has 0 bridgehead atoms. The smallest absolute Gasteiger partial charge is 0.338 e. The number of esters is 1. The quantitative estimate of drug-likeness (QED) is 0.321. The second kappa shape index (κ2) is 10.4. The molecule has 0 saturated carbocycles. The molecule has 0 aliphatic carbocycles. The summed E-state index contributed by atoms with van der Waals surface area (Å²) in [6.45, 7) is -0.364. The normalized spacial score (nSPS) is 24.6. The largest absolute Gasteiger partial charge is 0.504 e. The van der Waals surface area contributed by atoms with Gasteiger partial charge in [-0.2, -0.15) is 0 Å². The third-order valence-corrected chi connectivity index (χ3v) is 5.75. The number of benzene rings is 3. The molecule has 9 nitrogen and oxygen atoms in total. The number of fused-ring (bicyclic) bond motifs is 1. The molecule has 4 rings (SSSR count). The van der Waals surface area contributed by atoms with E-state index < -0.39 is 43.3 Å². The Morgan fingerprint density at radius 3 is 2.44 bits per heavy atom. The van der Waals surface area contributed by atoms with Crippen molar-refractivity contribution in [3.05, 3.63) is 71.8 Å². The molecule has 5 N–H and O–H groups in total. The standard InChI is InChI=1S/C25H26O9/c26-13-19-21(28)22(29)23(30)25(34-19)33-18-9-7-15-12-16(6-8-17(15)20(18)27)24(31)32-11-10-14-4-2-1-3-5-14/h1-9,12,19,21-23,25-30H,10-11,13H2/t19-,21-,22+,23-,25?/m1/s1. The molecule has 0 radical (unpaired) electrons. The predicted molar refractivity (Wildman–Crippen MR) is 120 cm³/mol. The van der Waals surface area contributed by atoms with Gasteiger partial charge in [0.25, 0.3) is 0 Å². The van der Waals surface area contributed by atoms with Crippen LogP contribution in [-0.4, -0.2) is 75.4 Å². The van der Waals surface area contributed by atoms with Crippen molar-refractivity contribution in [3.63, 3.8) is 0 Å². The van der Waals surface area contributed by atoms with Gasteiger partial charge in [-0.1, -0.05) is 36.4 Å². The van der Waals surface area contributed by atoms with Gasteiger partial charge < -0.3 is 39.7 Å². The Hall–Kier alpha value is -3.21. The van der Waals surface area contributed by atoms with Crippen LogP contribution in [0.4, 0.5) is 0 Å². The number of carbonyl (C=O) groups excluding carboxylic acids is 1. The van der Waals surface area contributed by atoms with E-state index in [9.17, 15) is 30.3 Å². The Bertz CT molecular complexity index is 1130. The molecule has 0 aromatic heterocycles. The third-order valence-electron chi connectivity index (χ3n) is 5.75. The fourth-order valence-electron chi connectivity index (χ4n) is 3.79. The van der Waals surface area contributed by atoms with E-state index in [1.165, 1.54) is 12.1 Å². The molecule has 1 aliphatic heterocycles. The molecule has 5 atom stereocenters. The molecule has 1 unspecified atom stereocenters. The zero-order chi connectivity index (χ0) is 24.2. The Morgan fingerprint density at radius 2 is 1.71 bits per heavy atom. The minimum absolute atomic E-state index is 0.0463. The molecule has 180 valence electrons. The first-order valence-electron chi connectivity index (χ1n) is 10.8. The van der Waals surface area contributed by atoms with E-state index in [0.717, 1.165) is 5.56 Å². The summed E-state index contributed by atoms with van der Waals surface area (Å²) in [5.41, 5.74) is 1.38. The molecule has 1 fully saturated rings. The van der Waals surface area contributed by atoms with Gasteiger partial charge in [0.15, 0.2) is 11.5 Å². The van der Waals surface area contributed by atoms with E-state index in [1.54, 1.807) is 18.2 Å². The average molecular weight is 470 g/mol. The number of ether oxygens (including phenoxy) is 3. The van der Waals surface area contributed by atoms with Crippen LogP contribution in [0.5, 0.6) is 11.5 Å². The molecule has 1 saturated heterocycles. The molecular formula is C25H26O9. The van der Waals surface area contributed by atoms with Crippen LogP contribution >= 0.6 is 0 Å². The van der Waals surface area contributed by atoms with E-state index in [0.29, 0.717) is 22.8 Å². The summed E-state index contributed by atoms with van der Waals surface area (Å²) < 4.78 is 16.2. The highest BCUT2D eigenvalue weighted by molar-refractivity contribution is 5.98. The summed E-state index contributed by atoms with van der Waals surface area (Å²) in [6, 6.07) is 17.3. The maximum atomic E-state index is 12.4.